The summed E-state index contributed by atoms with van der Waals surface area (Å²) in [6, 6.07) is 14.1. The Morgan fingerprint density at radius 3 is 2.50 bits per heavy atom. The molecule has 0 fully saturated rings. The molecule has 0 heterocycles. The van der Waals surface area contributed by atoms with Gasteiger partial charge in [-0.25, -0.2) is 5.43 Å². The van der Waals surface area contributed by atoms with Crippen molar-refractivity contribution in [2.75, 3.05) is 12.5 Å². The summed E-state index contributed by atoms with van der Waals surface area (Å²) in [5.74, 6) is 1.56. The number of benzene rings is 2. The Morgan fingerprint density at radius 2 is 1.86 bits per heavy atom. The number of halogens is 1. The molecule has 2 N–H and O–H groups in total. The number of para-hydroxylation sites is 1. The first kappa shape index (κ1) is 16.9. The Labute approximate surface area is 145 Å². The summed E-state index contributed by atoms with van der Waals surface area (Å²) >= 11 is 2.28. The van der Waals surface area contributed by atoms with Gasteiger partial charge in [-0.2, -0.15) is 0 Å². The lowest BCUT2D eigenvalue weighted by Gasteiger charge is -2.17. The second-order valence-electron chi connectivity index (χ2n) is 5.12. The molecule has 0 aromatic heterocycles. The number of hydrogen-bond acceptors (Lipinski definition) is 4. The van der Waals surface area contributed by atoms with E-state index in [1.165, 1.54) is 0 Å². The van der Waals surface area contributed by atoms with Gasteiger partial charge in [0.15, 0.2) is 11.5 Å². The zero-order valence-electron chi connectivity index (χ0n) is 13.0. The number of hydrogen-bond donors (Lipinski definition) is 2. The van der Waals surface area contributed by atoms with E-state index in [9.17, 15) is 0 Å². The quantitative estimate of drug-likeness (QED) is 0.529. The van der Waals surface area contributed by atoms with Crippen molar-refractivity contribution in [2.45, 2.75) is 26.5 Å². The molecule has 0 atom stereocenters. The van der Waals surface area contributed by atoms with Gasteiger partial charge in [-0.15, -0.1) is 0 Å². The minimum Gasteiger partial charge on any atom is -0.493 e. The molecule has 2 aromatic rings. The minimum absolute atomic E-state index is 0.117. The van der Waals surface area contributed by atoms with Gasteiger partial charge >= 0.3 is 0 Å². The van der Waals surface area contributed by atoms with Crippen LogP contribution in [0.1, 0.15) is 19.4 Å². The largest absolute Gasteiger partial charge is 0.493 e. The van der Waals surface area contributed by atoms with Crippen LogP contribution in [0.15, 0.2) is 42.5 Å². The van der Waals surface area contributed by atoms with E-state index in [0.29, 0.717) is 6.54 Å². The molecule has 0 aliphatic carbocycles. The van der Waals surface area contributed by atoms with E-state index >= 15 is 0 Å². The molecular weight excluding hydrogens is 391 g/mol. The fourth-order valence-electron chi connectivity index (χ4n) is 2.00. The van der Waals surface area contributed by atoms with Crippen molar-refractivity contribution in [2.24, 2.45) is 0 Å². The molecule has 118 valence electrons. The summed E-state index contributed by atoms with van der Waals surface area (Å²) in [5, 5.41) is 0. The van der Waals surface area contributed by atoms with Gasteiger partial charge in [-0.05, 0) is 66.3 Å². The highest BCUT2D eigenvalue weighted by atomic mass is 127. The highest BCUT2D eigenvalue weighted by molar-refractivity contribution is 14.1. The summed E-state index contributed by atoms with van der Waals surface area (Å²) in [4.78, 5) is 0. The number of nitrogens with one attached hydrogen (secondary N) is 2. The average Bonchev–Trinajstić information content (AvgIpc) is 2.50. The fraction of sp³-hybridized carbons (Fsp3) is 0.294. The van der Waals surface area contributed by atoms with E-state index in [0.717, 1.165) is 26.3 Å². The second kappa shape index (κ2) is 8.24. The SMILES string of the molecule is COc1cc(CNNc2ccccc2)cc(I)c1OC(C)C. The third-order valence-corrected chi connectivity index (χ3v) is 3.74. The molecule has 0 saturated carbocycles. The van der Waals surface area contributed by atoms with Gasteiger partial charge in [0.2, 0.25) is 0 Å². The predicted octanol–water partition coefficient (Wildman–Crippen LogP) is 4.20. The molecule has 4 nitrogen and oxygen atoms in total. The summed E-state index contributed by atoms with van der Waals surface area (Å²) in [6.07, 6.45) is 0.117. The third kappa shape index (κ3) is 4.78. The first-order valence-corrected chi connectivity index (χ1v) is 8.25. The lowest BCUT2D eigenvalue weighted by Crippen LogP contribution is -2.21. The lowest BCUT2D eigenvalue weighted by molar-refractivity contribution is 0.228. The lowest BCUT2D eigenvalue weighted by atomic mass is 10.2. The van der Waals surface area contributed by atoms with Crippen molar-refractivity contribution < 1.29 is 9.47 Å². The standard InChI is InChI=1S/C17H21IN2O2/c1-12(2)22-17-15(18)9-13(10-16(17)21-3)11-19-20-14-7-5-4-6-8-14/h4-10,12,19-20H,11H2,1-3H3. The van der Waals surface area contributed by atoms with Gasteiger partial charge in [0.25, 0.3) is 0 Å². The van der Waals surface area contributed by atoms with Crippen molar-refractivity contribution in [3.8, 4) is 11.5 Å². The summed E-state index contributed by atoms with van der Waals surface area (Å²) in [7, 11) is 1.66. The van der Waals surface area contributed by atoms with Gasteiger partial charge in [0.05, 0.1) is 16.8 Å². The van der Waals surface area contributed by atoms with Crippen LogP contribution in [0.25, 0.3) is 0 Å². The van der Waals surface area contributed by atoms with Gasteiger partial charge in [-0.1, -0.05) is 18.2 Å². The van der Waals surface area contributed by atoms with Crippen LogP contribution in [0.3, 0.4) is 0 Å². The minimum atomic E-state index is 0.117. The highest BCUT2D eigenvalue weighted by Gasteiger charge is 2.12. The van der Waals surface area contributed by atoms with Crippen LogP contribution in [-0.2, 0) is 6.54 Å². The van der Waals surface area contributed by atoms with E-state index in [4.69, 9.17) is 9.47 Å². The molecule has 0 aliphatic heterocycles. The first-order chi connectivity index (χ1) is 10.6. The van der Waals surface area contributed by atoms with E-state index in [-0.39, 0.29) is 6.10 Å². The van der Waals surface area contributed by atoms with Crippen molar-refractivity contribution in [1.82, 2.24) is 5.43 Å². The molecule has 22 heavy (non-hydrogen) atoms. The molecule has 0 bridgehead atoms. The van der Waals surface area contributed by atoms with Crippen LogP contribution in [0.5, 0.6) is 11.5 Å². The van der Waals surface area contributed by atoms with Gasteiger partial charge in [0.1, 0.15) is 0 Å². The van der Waals surface area contributed by atoms with E-state index in [1.807, 2.05) is 50.2 Å². The van der Waals surface area contributed by atoms with Gasteiger partial charge in [0, 0.05) is 12.2 Å². The van der Waals surface area contributed by atoms with Gasteiger partial charge in [-0.3, -0.25) is 0 Å². The number of anilines is 1. The van der Waals surface area contributed by atoms with Crippen molar-refractivity contribution in [3.05, 3.63) is 51.6 Å². The van der Waals surface area contributed by atoms with Crippen LogP contribution in [0.2, 0.25) is 0 Å². The van der Waals surface area contributed by atoms with Crippen LogP contribution >= 0.6 is 22.6 Å². The zero-order chi connectivity index (χ0) is 15.9. The molecule has 0 spiro atoms. The molecule has 0 amide bonds. The summed E-state index contributed by atoms with van der Waals surface area (Å²) in [6.45, 7) is 4.70. The number of ether oxygens (including phenoxy) is 2. The summed E-state index contributed by atoms with van der Waals surface area (Å²) < 4.78 is 12.3. The Bertz CT molecular complexity index is 603. The van der Waals surface area contributed by atoms with Gasteiger partial charge < -0.3 is 14.9 Å². The molecule has 0 aliphatic rings. The Balaban J connectivity index is 2.04. The Morgan fingerprint density at radius 1 is 1.14 bits per heavy atom. The molecule has 0 radical (unpaired) electrons. The monoisotopic (exact) mass is 412 g/mol. The Kier molecular flexibility index (Phi) is 6.33. The van der Waals surface area contributed by atoms with Crippen LogP contribution < -0.4 is 20.3 Å². The van der Waals surface area contributed by atoms with E-state index in [2.05, 4.69) is 39.5 Å². The van der Waals surface area contributed by atoms with Crippen molar-refractivity contribution in [3.63, 3.8) is 0 Å². The maximum atomic E-state index is 5.83. The molecule has 2 rings (SSSR count). The molecule has 0 saturated heterocycles. The zero-order valence-corrected chi connectivity index (χ0v) is 15.2. The summed E-state index contributed by atoms with van der Waals surface area (Å²) in [5.41, 5.74) is 8.54. The number of rotatable bonds is 7. The van der Waals surface area contributed by atoms with Crippen LogP contribution in [-0.4, -0.2) is 13.2 Å². The highest BCUT2D eigenvalue weighted by Crippen LogP contribution is 2.34. The normalized spacial score (nSPS) is 10.6. The van der Waals surface area contributed by atoms with Crippen LogP contribution in [0, 0.1) is 3.57 Å². The second-order valence-corrected chi connectivity index (χ2v) is 6.28. The maximum Gasteiger partial charge on any atom is 0.174 e. The van der Waals surface area contributed by atoms with Crippen molar-refractivity contribution in [1.29, 1.82) is 0 Å². The average molecular weight is 412 g/mol. The smallest absolute Gasteiger partial charge is 0.174 e. The Hall–Kier alpha value is -1.47. The van der Waals surface area contributed by atoms with Crippen LogP contribution in [0.4, 0.5) is 5.69 Å². The molecular formula is C17H21IN2O2. The fourth-order valence-corrected chi connectivity index (χ4v) is 2.79. The predicted molar refractivity (Wildman–Crippen MR) is 98.4 cm³/mol. The van der Waals surface area contributed by atoms with E-state index < -0.39 is 0 Å². The topological polar surface area (TPSA) is 42.5 Å². The molecule has 0 unspecified atom stereocenters. The van der Waals surface area contributed by atoms with E-state index in [1.54, 1.807) is 7.11 Å². The first-order valence-electron chi connectivity index (χ1n) is 7.17. The molecule has 5 heteroatoms. The third-order valence-electron chi connectivity index (χ3n) is 2.94. The number of methoxy groups -OCH3 is 1. The number of hydrazine groups is 1. The molecule has 2 aromatic carbocycles. The maximum absolute atomic E-state index is 5.83. The van der Waals surface area contributed by atoms with Crippen molar-refractivity contribution >= 4 is 28.3 Å².